The van der Waals surface area contributed by atoms with Crippen LogP contribution in [0.15, 0.2) is 12.1 Å². The molecule has 0 amide bonds. The minimum Gasteiger partial charge on any atom is -0.405 e. The highest BCUT2D eigenvalue weighted by Crippen LogP contribution is 2.33. The third-order valence-electron chi connectivity index (χ3n) is 1.28. The van der Waals surface area contributed by atoms with Crippen molar-refractivity contribution in [2.24, 2.45) is 0 Å². The van der Waals surface area contributed by atoms with Gasteiger partial charge in [0.05, 0.1) is 14.3 Å². The van der Waals surface area contributed by atoms with E-state index in [1.165, 1.54) is 6.07 Å². The van der Waals surface area contributed by atoms with Crippen LogP contribution in [0.5, 0.6) is 5.75 Å². The SMILES string of the molecule is Nc1cc(OC(F)(F)F)c(I)cc1Cl. The van der Waals surface area contributed by atoms with Gasteiger partial charge < -0.3 is 10.5 Å². The van der Waals surface area contributed by atoms with Gasteiger partial charge in [0.1, 0.15) is 5.75 Å². The number of rotatable bonds is 1. The number of benzene rings is 1. The lowest BCUT2D eigenvalue weighted by atomic mass is 10.3. The number of alkyl halides is 3. The minimum absolute atomic E-state index is 0.0475. The van der Waals surface area contributed by atoms with Crippen LogP contribution in [-0.4, -0.2) is 6.36 Å². The second kappa shape index (κ2) is 4.01. The Morgan fingerprint density at radius 1 is 1.36 bits per heavy atom. The van der Waals surface area contributed by atoms with Gasteiger partial charge in [-0.2, -0.15) is 0 Å². The van der Waals surface area contributed by atoms with Gasteiger partial charge in [0.25, 0.3) is 0 Å². The number of nitrogen functional groups attached to an aromatic ring is 1. The molecule has 7 heteroatoms. The number of ether oxygens (including phenoxy) is 1. The molecule has 0 atom stereocenters. The van der Waals surface area contributed by atoms with E-state index in [9.17, 15) is 13.2 Å². The smallest absolute Gasteiger partial charge is 0.405 e. The van der Waals surface area contributed by atoms with Gasteiger partial charge in [-0.15, -0.1) is 13.2 Å². The highest BCUT2D eigenvalue weighted by atomic mass is 127. The summed E-state index contributed by atoms with van der Waals surface area (Å²) in [5.41, 5.74) is 5.37. The zero-order chi connectivity index (χ0) is 10.9. The Hall–Kier alpha value is -0.370. The van der Waals surface area contributed by atoms with E-state index in [4.69, 9.17) is 17.3 Å². The van der Waals surface area contributed by atoms with Gasteiger partial charge >= 0.3 is 6.36 Å². The molecule has 14 heavy (non-hydrogen) atoms. The molecule has 0 aliphatic heterocycles. The molecule has 0 aliphatic rings. The molecule has 1 aromatic rings. The largest absolute Gasteiger partial charge is 0.573 e. The van der Waals surface area contributed by atoms with E-state index < -0.39 is 6.36 Å². The highest BCUT2D eigenvalue weighted by molar-refractivity contribution is 14.1. The highest BCUT2D eigenvalue weighted by Gasteiger charge is 2.32. The molecule has 0 unspecified atom stereocenters. The third-order valence-corrected chi connectivity index (χ3v) is 2.45. The number of hydrogen-bond acceptors (Lipinski definition) is 2. The molecule has 0 fully saturated rings. The Labute approximate surface area is 96.3 Å². The molecule has 0 saturated carbocycles. The first-order valence-corrected chi connectivity index (χ1v) is 4.75. The van der Waals surface area contributed by atoms with Gasteiger partial charge in [-0.3, -0.25) is 0 Å². The molecule has 0 aliphatic carbocycles. The first-order chi connectivity index (χ1) is 6.29. The Morgan fingerprint density at radius 2 is 1.93 bits per heavy atom. The Bertz CT molecular complexity index is 356. The second-order valence-electron chi connectivity index (χ2n) is 2.35. The fourth-order valence-corrected chi connectivity index (χ4v) is 1.67. The predicted octanol–water partition coefficient (Wildman–Crippen LogP) is 3.43. The van der Waals surface area contributed by atoms with Gasteiger partial charge in [-0.1, -0.05) is 11.6 Å². The van der Waals surface area contributed by atoms with Crippen LogP contribution in [0.4, 0.5) is 18.9 Å². The van der Waals surface area contributed by atoms with Crippen molar-refractivity contribution in [1.29, 1.82) is 0 Å². The lowest BCUT2D eigenvalue weighted by molar-refractivity contribution is -0.274. The molecule has 0 heterocycles. The monoisotopic (exact) mass is 337 g/mol. The normalized spacial score (nSPS) is 11.5. The van der Waals surface area contributed by atoms with Crippen molar-refractivity contribution in [1.82, 2.24) is 0 Å². The zero-order valence-electron chi connectivity index (χ0n) is 6.53. The number of hydrogen-bond donors (Lipinski definition) is 1. The van der Waals surface area contributed by atoms with E-state index in [1.54, 1.807) is 22.6 Å². The molecule has 1 aromatic carbocycles. The van der Waals surface area contributed by atoms with Crippen molar-refractivity contribution < 1.29 is 17.9 Å². The number of anilines is 1. The Balaban J connectivity index is 3.04. The molecule has 1 rings (SSSR count). The summed E-state index contributed by atoms with van der Waals surface area (Å²) in [6, 6.07) is 2.34. The fourth-order valence-electron chi connectivity index (χ4n) is 0.748. The van der Waals surface area contributed by atoms with Crippen LogP contribution in [-0.2, 0) is 0 Å². The average Bonchev–Trinajstić information content (AvgIpc) is 1.97. The van der Waals surface area contributed by atoms with Gasteiger partial charge in [-0.05, 0) is 28.7 Å². The van der Waals surface area contributed by atoms with Crippen LogP contribution in [0.1, 0.15) is 0 Å². The topological polar surface area (TPSA) is 35.2 Å². The van der Waals surface area contributed by atoms with Crippen molar-refractivity contribution in [3.05, 3.63) is 20.7 Å². The zero-order valence-corrected chi connectivity index (χ0v) is 9.44. The molecule has 0 radical (unpaired) electrons. The maximum Gasteiger partial charge on any atom is 0.573 e. The van der Waals surface area contributed by atoms with Crippen LogP contribution in [0.3, 0.4) is 0 Å². The van der Waals surface area contributed by atoms with Crippen molar-refractivity contribution in [3.63, 3.8) is 0 Å². The van der Waals surface area contributed by atoms with E-state index in [1.807, 2.05) is 0 Å². The van der Waals surface area contributed by atoms with Crippen molar-refractivity contribution in [3.8, 4) is 5.75 Å². The van der Waals surface area contributed by atoms with E-state index in [2.05, 4.69) is 4.74 Å². The maximum absolute atomic E-state index is 11.9. The van der Waals surface area contributed by atoms with Crippen LogP contribution < -0.4 is 10.5 Å². The van der Waals surface area contributed by atoms with Crippen LogP contribution in [0.2, 0.25) is 5.02 Å². The van der Waals surface area contributed by atoms with Crippen LogP contribution in [0, 0.1) is 3.57 Å². The number of nitrogens with two attached hydrogens (primary N) is 1. The van der Waals surface area contributed by atoms with E-state index >= 15 is 0 Å². The van der Waals surface area contributed by atoms with Gasteiger partial charge in [0.15, 0.2) is 0 Å². The fraction of sp³-hybridized carbons (Fsp3) is 0.143. The van der Waals surface area contributed by atoms with Crippen molar-refractivity contribution in [2.75, 3.05) is 5.73 Å². The molecule has 78 valence electrons. The molecular formula is C7H4ClF3INO. The molecule has 0 saturated heterocycles. The summed E-state index contributed by atoms with van der Waals surface area (Å²) >= 11 is 7.27. The van der Waals surface area contributed by atoms with Crippen LogP contribution in [0.25, 0.3) is 0 Å². The first-order valence-electron chi connectivity index (χ1n) is 3.30. The van der Waals surface area contributed by atoms with E-state index in [0.29, 0.717) is 0 Å². The summed E-state index contributed by atoms with van der Waals surface area (Å²) in [7, 11) is 0. The lowest BCUT2D eigenvalue weighted by Gasteiger charge is -2.11. The Kier molecular flexibility index (Phi) is 3.36. The summed E-state index contributed by atoms with van der Waals surface area (Å²) < 4.78 is 39.5. The summed E-state index contributed by atoms with van der Waals surface area (Å²) in [6.07, 6.45) is -4.72. The van der Waals surface area contributed by atoms with Crippen molar-refractivity contribution in [2.45, 2.75) is 6.36 Å². The lowest BCUT2D eigenvalue weighted by Crippen LogP contribution is -2.18. The van der Waals surface area contributed by atoms with E-state index in [0.717, 1.165) is 6.07 Å². The standard InChI is InChI=1S/C7H4ClF3INO/c8-3-1-4(12)6(2-5(3)13)14-7(9,10)11/h1-2H,13H2. The first kappa shape index (κ1) is 11.7. The molecule has 2 N–H and O–H groups in total. The summed E-state index contributed by atoms with van der Waals surface area (Å²) in [5.74, 6) is -0.347. The molecular weight excluding hydrogens is 333 g/mol. The molecule has 0 aromatic heterocycles. The van der Waals surface area contributed by atoms with Crippen molar-refractivity contribution >= 4 is 39.9 Å². The predicted molar refractivity (Wildman–Crippen MR) is 55.3 cm³/mol. The third kappa shape index (κ3) is 3.09. The van der Waals surface area contributed by atoms with Crippen LogP contribution >= 0.6 is 34.2 Å². The van der Waals surface area contributed by atoms with Gasteiger partial charge in [0, 0.05) is 6.07 Å². The minimum atomic E-state index is -4.72. The summed E-state index contributed by atoms with van der Waals surface area (Å²) in [6.45, 7) is 0. The molecule has 0 spiro atoms. The molecule has 0 bridgehead atoms. The quantitative estimate of drug-likeness (QED) is 0.629. The summed E-state index contributed by atoms with van der Waals surface area (Å²) in [4.78, 5) is 0. The summed E-state index contributed by atoms with van der Waals surface area (Å²) in [5, 5.41) is 0.198. The average molecular weight is 337 g/mol. The van der Waals surface area contributed by atoms with E-state index in [-0.39, 0.29) is 20.0 Å². The Morgan fingerprint density at radius 3 is 2.43 bits per heavy atom. The van der Waals surface area contributed by atoms with Gasteiger partial charge in [-0.25, -0.2) is 0 Å². The van der Waals surface area contributed by atoms with Gasteiger partial charge in [0.2, 0.25) is 0 Å². The molecule has 2 nitrogen and oxygen atoms in total. The number of halogens is 5. The maximum atomic E-state index is 11.9. The second-order valence-corrected chi connectivity index (χ2v) is 3.92.